The molecule has 4 rings (SSSR count). The molecule has 1 aliphatic heterocycles. The van der Waals surface area contributed by atoms with Gasteiger partial charge >= 0.3 is 17.1 Å². The summed E-state index contributed by atoms with van der Waals surface area (Å²) in [5.41, 5.74) is 0.0968. The fourth-order valence-corrected chi connectivity index (χ4v) is 3.81. The number of imide groups is 1. The monoisotopic (exact) mass is 467 g/mol. The predicted molar refractivity (Wildman–Crippen MR) is 112 cm³/mol. The van der Waals surface area contributed by atoms with Crippen LogP contribution in [0, 0.1) is 0 Å². The number of rotatable bonds is 5. The number of aromatic amines is 1. The maximum absolute atomic E-state index is 13.0. The maximum atomic E-state index is 13.0. The van der Waals surface area contributed by atoms with Gasteiger partial charge in [0.1, 0.15) is 0 Å². The van der Waals surface area contributed by atoms with Crippen LogP contribution in [-0.4, -0.2) is 32.8 Å². The normalized spacial score (nSPS) is 13.3. The molecule has 0 fully saturated rings. The molecular weight excluding hydrogens is 448 g/mol. The summed E-state index contributed by atoms with van der Waals surface area (Å²) < 4.78 is 0. The van der Waals surface area contributed by atoms with Crippen molar-refractivity contribution in [3.8, 4) is 5.88 Å². The van der Waals surface area contributed by atoms with E-state index < -0.39 is 11.5 Å². The van der Waals surface area contributed by atoms with Gasteiger partial charge in [-0.25, -0.2) is 0 Å². The maximum Gasteiger partial charge on any atom is 2.00 e. The van der Waals surface area contributed by atoms with Gasteiger partial charge in [-0.1, -0.05) is 38.1 Å². The van der Waals surface area contributed by atoms with Gasteiger partial charge in [0.25, 0.3) is 17.4 Å². The molecule has 0 unspecified atom stereocenters. The summed E-state index contributed by atoms with van der Waals surface area (Å²) in [5.74, 6) is -0.992. The van der Waals surface area contributed by atoms with Gasteiger partial charge in [0.05, 0.1) is 16.8 Å². The van der Waals surface area contributed by atoms with Crippen molar-refractivity contribution in [1.29, 1.82) is 0 Å². The molecule has 2 aromatic carbocycles. The Kier molecular flexibility index (Phi) is 6.38. The molecule has 0 atom stereocenters. The molecule has 2 heterocycles. The Morgan fingerprint density at radius 1 is 0.935 bits per heavy atom. The van der Waals surface area contributed by atoms with Crippen LogP contribution in [0.15, 0.2) is 57.5 Å². The number of pyridine rings is 1. The third-order valence-electron chi connectivity index (χ3n) is 5.37. The number of carbonyl (C=O) groups is 2. The van der Waals surface area contributed by atoms with Gasteiger partial charge in [-0.3, -0.25) is 24.3 Å². The molecule has 8 nitrogen and oxygen atoms in total. The molecule has 3 aromatic rings. The first-order valence-electron chi connectivity index (χ1n) is 9.74. The first-order valence-corrected chi connectivity index (χ1v) is 9.74. The number of aromatic nitrogens is 1. The smallest absolute Gasteiger partial charge is 0.494 e. The molecule has 0 aliphatic carbocycles. The minimum absolute atomic E-state index is 0. The third-order valence-corrected chi connectivity index (χ3v) is 5.37. The zero-order chi connectivity index (χ0) is 21.4. The van der Waals surface area contributed by atoms with Crippen LogP contribution in [-0.2, 0) is 17.1 Å². The van der Waals surface area contributed by atoms with Crippen LogP contribution in [0.4, 0.5) is 11.4 Å². The second-order valence-corrected chi connectivity index (χ2v) is 7.05. The molecule has 1 aromatic heterocycles. The largest absolute Gasteiger partial charge is 2.00 e. The Balaban J connectivity index is 0.00000272. The summed E-state index contributed by atoms with van der Waals surface area (Å²) in [5, 5.41) is 19.0. The molecule has 1 radical (unpaired) electrons. The molecule has 1 aliphatic rings. The molecule has 161 valence electrons. The topological polar surface area (TPSA) is 115 Å². The Hall–Kier alpha value is -3.29. The zero-order valence-electron chi connectivity index (χ0n) is 16.8. The number of hydrogen-bond donors (Lipinski definition) is 2. The quantitative estimate of drug-likeness (QED) is 0.328. The molecule has 0 saturated heterocycles. The van der Waals surface area contributed by atoms with Crippen LogP contribution >= 0.6 is 0 Å². The van der Waals surface area contributed by atoms with Crippen LogP contribution in [0.3, 0.4) is 0 Å². The van der Waals surface area contributed by atoms with E-state index in [1.165, 1.54) is 4.90 Å². The fraction of sp³-hybridized carbons (Fsp3) is 0.227. The molecule has 0 saturated carbocycles. The molecular formula is C22H20CuN4O4+2. The second-order valence-electron chi connectivity index (χ2n) is 7.05. The van der Waals surface area contributed by atoms with Crippen molar-refractivity contribution in [2.45, 2.75) is 32.7 Å². The van der Waals surface area contributed by atoms with Crippen molar-refractivity contribution in [1.82, 2.24) is 9.88 Å². The Morgan fingerprint density at radius 3 is 2.29 bits per heavy atom. The SMILES string of the molecule is CCC(CC)N1C(=O)c2cccc(N=Nc3c(=O)[nH]c(O)c4ccccc34)c2C1=O.[Cu+2]. The molecule has 2 amide bonds. The fourth-order valence-electron chi connectivity index (χ4n) is 3.81. The number of fused-ring (bicyclic) bond motifs is 2. The number of azo groups is 1. The van der Waals surface area contributed by atoms with Crippen LogP contribution in [0.5, 0.6) is 5.88 Å². The molecule has 0 spiro atoms. The number of H-pyrrole nitrogens is 1. The van der Waals surface area contributed by atoms with Gasteiger partial charge in [0.15, 0.2) is 11.6 Å². The standard InChI is InChI=1S/C22H20N4O4.Cu/c1-3-12(4-2)26-21(29)15-10-7-11-16(17(15)22(26)30)24-25-18-13-8-5-6-9-14(13)19(27)23-20(18)28;/h5-12H,3-4H2,1-2H3,(H2,23,27,28);/q;+2. The second kappa shape index (κ2) is 8.83. The first-order chi connectivity index (χ1) is 14.5. The molecule has 2 N–H and O–H groups in total. The minimum Gasteiger partial charge on any atom is -0.494 e. The van der Waals surface area contributed by atoms with Gasteiger partial charge in [0, 0.05) is 16.8 Å². The van der Waals surface area contributed by atoms with E-state index in [-0.39, 0.29) is 57.4 Å². The van der Waals surface area contributed by atoms with Gasteiger partial charge in [0.2, 0.25) is 0 Å². The number of nitrogens with one attached hydrogen (secondary N) is 1. The molecule has 31 heavy (non-hydrogen) atoms. The summed E-state index contributed by atoms with van der Waals surface area (Å²) in [6.45, 7) is 3.86. The van der Waals surface area contributed by atoms with E-state index in [0.29, 0.717) is 23.6 Å². The van der Waals surface area contributed by atoms with Gasteiger partial charge in [-0.05, 0) is 31.0 Å². The first kappa shape index (κ1) is 22.4. The number of aromatic hydroxyl groups is 1. The van der Waals surface area contributed by atoms with Crippen molar-refractivity contribution in [2.75, 3.05) is 0 Å². The van der Waals surface area contributed by atoms with Crippen molar-refractivity contribution >= 4 is 34.0 Å². The third kappa shape index (κ3) is 3.66. The average molecular weight is 468 g/mol. The van der Waals surface area contributed by atoms with Crippen molar-refractivity contribution in [3.63, 3.8) is 0 Å². The van der Waals surface area contributed by atoms with E-state index in [1.54, 1.807) is 42.5 Å². The summed E-state index contributed by atoms with van der Waals surface area (Å²) in [6.07, 6.45) is 1.32. The number of amides is 2. The predicted octanol–water partition coefficient (Wildman–Crippen LogP) is 4.43. The number of carbonyl (C=O) groups excluding carboxylic acids is 2. The van der Waals surface area contributed by atoms with E-state index in [2.05, 4.69) is 15.2 Å². The van der Waals surface area contributed by atoms with Gasteiger partial charge in [-0.2, -0.15) is 0 Å². The summed E-state index contributed by atoms with van der Waals surface area (Å²) in [7, 11) is 0. The minimum atomic E-state index is -0.608. The van der Waals surface area contributed by atoms with Crippen LogP contribution in [0.1, 0.15) is 47.4 Å². The summed E-state index contributed by atoms with van der Waals surface area (Å²) in [6, 6.07) is 11.4. The number of benzene rings is 2. The average Bonchev–Trinajstić information content (AvgIpc) is 3.00. The van der Waals surface area contributed by atoms with E-state index in [4.69, 9.17) is 0 Å². The number of hydrogen-bond acceptors (Lipinski definition) is 6. The Morgan fingerprint density at radius 2 is 1.61 bits per heavy atom. The molecule has 0 bridgehead atoms. The van der Waals surface area contributed by atoms with Crippen LogP contribution in [0.2, 0.25) is 0 Å². The molecule has 9 heteroatoms. The van der Waals surface area contributed by atoms with Gasteiger partial charge in [-0.15, -0.1) is 10.2 Å². The van der Waals surface area contributed by atoms with E-state index in [1.807, 2.05) is 13.8 Å². The van der Waals surface area contributed by atoms with E-state index in [0.717, 1.165) is 0 Å². The Labute approximate surface area is 188 Å². The van der Waals surface area contributed by atoms with E-state index in [9.17, 15) is 19.5 Å². The van der Waals surface area contributed by atoms with Crippen molar-refractivity contribution in [3.05, 3.63) is 63.9 Å². The summed E-state index contributed by atoms with van der Waals surface area (Å²) in [4.78, 5) is 41.8. The number of nitrogens with zero attached hydrogens (tertiary/aromatic N) is 3. The van der Waals surface area contributed by atoms with Crippen molar-refractivity contribution < 1.29 is 31.8 Å². The zero-order valence-corrected chi connectivity index (χ0v) is 17.8. The summed E-state index contributed by atoms with van der Waals surface area (Å²) >= 11 is 0. The Bertz CT molecular complexity index is 1260. The van der Waals surface area contributed by atoms with E-state index >= 15 is 0 Å². The van der Waals surface area contributed by atoms with Crippen LogP contribution < -0.4 is 5.56 Å². The van der Waals surface area contributed by atoms with Gasteiger partial charge < -0.3 is 5.11 Å². The van der Waals surface area contributed by atoms with Crippen molar-refractivity contribution in [2.24, 2.45) is 10.2 Å². The van der Waals surface area contributed by atoms with Crippen LogP contribution in [0.25, 0.3) is 10.8 Å².